The summed E-state index contributed by atoms with van der Waals surface area (Å²) in [4.78, 5) is 13.9. The van der Waals surface area contributed by atoms with Gasteiger partial charge in [0.15, 0.2) is 0 Å². The summed E-state index contributed by atoms with van der Waals surface area (Å²) in [5.74, 6) is 0.0720. The molecule has 0 spiro atoms. The Morgan fingerprint density at radius 3 is 2.57 bits per heavy atom. The first-order valence-electron chi connectivity index (χ1n) is 9.76. The van der Waals surface area contributed by atoms with E-state index < -0.39 is 5.92 Å². The highest BCUT2D eigenvalue weighted by molar-refractivity contribution is 5.59. The van der Waals surface area contributed by atoms with Crippen LogP contribution in [0.4, 0.5) is 5.95 Å². The van der Waals surface area contributed by atoms with Crippen LogP contribution in [0.2, 0.25) is 0 Å². The fourth-order valence-corrected chi connectivity index (χ4v) is 3.72. The van der Waals surface area contributed by atoms with Crippen molar-refractivity contribution in [2.24, 2.45) is 0 Å². The normalized spacial score (nSPS) is 15.1. The molecule has 1 aliphatic rings. The average molecular weight is 369 g/mol. The van der Waals surface area contributed by atoms with Crippen LogP contribution < -0.4 is 5.32 Å². The molecule has 0 radical (unpaired) electrons. The second-order valence-corrected chi connectivity index (χ2v) is 7.26. The third-order valence-corrected chi connectivity index (χ3v) is 5.24. The Hall–Kier alpha value is -3.26. The van der Waals surface area contributed by atoms with E-state index in [-0.39, 0.29) is 0 Å². The Labute approximate surface area is 165 Å². The zero-order valence-corrected chi connectivity index (χ0v) is 16.0. The van der Waals surface area contributed by atoms with Crippen LogP contribution in [-0.4, -0.2) is 21.0 Å². The Morgan fingerprint density at radius 2 is 1.82 bits per heavy atom. The van der Waals surface area contributed by atoms with E-state index in [1.807, 2.05) is 55.5 Å². The second-order valence-electron chi connectivity index (χ2n) is 7.26. The van der Waals surface area contributed by atoms with Gasteiger partial charge in [-0.3, -0.25) is 4.98 Å². The predicted octanol–water partition coefficient (Wildman–Crippen LogP) is 4.86. The number of nitrogens with one attached hydrogen (secondary N) is 1. The molecule has 5 heteroatoms. The fourth-order valence-electron chi connectivity index (χ4n) is 3.72. The van der Waals surface area contributed by atoms with Crippen LogP contribution in [0.25, 0.3) is 11.3 Å². The number of anilines is 1. The molecular formula is C23H23N5. The van der Waals surface area contributed by atoms with Crippen molar-refractivity contribution >= 4 is 5.95 Å². The monoisotopic (exact) mass is 369 g/mol. The van der Waals surface area contributed by atoms with E-state index in [4.69, 9.17) is 9.97 Å². The van der Waals surface area contributed by atoms with E-state index >= 15 is 0 Å². The standard InChI is InChI=1S/C23H23N5/c1-16-15-25-23(26-18-10-5-6-11-18)28-22(16)19(14-24)21-13-7-12-20(27-21)17-8-3-2-4-9-17/h2-4,7-9,12-13,15,18-19H,5-6,10-11H2,1H3,(H,25,26,28). The van der Waals surface area contributed by atoms with E-state index in [1.54, 1.807) is 6.20 Å². The van der Waals surface area contributed by atoms with Crippen molar-refractivity contribution in [1.29, 1.82) is 5.26 Å². The van der Waals surface area contributed by atoms with Crippen LogP contribution in [0.3, 0.4) is 0 Å². The minimum atomic E-state index is -0.532. The minimum Gasteiger partial charge on any atom is -0.351 e. The van der Waals surface area contributed by atoms with Gasteiger partial charge in [0.2, 0.25) is 5.95 Å². The van der Waals surface area contributed by atoms with Crippen LogP contribution in [-0.2, 0) is 0 Å². The largest absolute Gasteiger partial charge is 0.351 e. The fraction of sp³-hybridized carbons (Fsp3) is 0.304. The highest BCUT2D eigenvalue weighted by atomic mass is 15.1. The molecule has 1 fully saturated rings. The maximum atomic E-state index is 9.92. The van der Waals surface area contributed by atoms with Crippen LogP contribution in [0.5, 0.6) is 0 Å². The lowest BCUT2D eigenvalue weighted by molar-refractivity contribution is 0.739. The number of nitrogens with zero attached hydrogens (tertiary/aromatic N) is 4. The predicted molar refractivity (Wildman–Crippen MR) is 110 cm³/mol. The molecular weight excluding hydrogens is 346 g/mol. The molecule has 1 unspecified atom stereocenters. The van der Waals surface area contributed by atoms with Crippen molar-refractivity contribution in [2.75, 3.05) is 5.32 Å². The molecule has 1 atom stereocenters. The van der Waals surface area contributed by atoms with Crippen molar-refractivity contribution in [3.63, 3.8) is 0 Å². The third kappa shape index (κ3) is 3.86. The number of pyridine rings is 1. The lowest BCUT2D eigenvalue weighted by Crippen LogP contribution is -2.18. The Bertz CT molecular complexity index is 987. The van der Waals surface area contributed by atoms with Gasteiger partial charge in [0.25, 0.3) is 0 Å². The number of benzene rings is 1. The molecule has 140 valence electrons. The van der Waals surface area contributed by atoms with Gasteiger partial charge >= 0.3 is 0 Å². The molecule has 1 N–H and O–H groups in total. The summed E-state index contributed by atoms with van der Waals surface area (Å²) in [6.45, 7) is 1.94. The Kier molecular flexibility index (Phi) is 5.29. The summed E-state index contributed by atoms with van der Waals surface area (Å²) in [5.41, 5.74) is 4.21. The number of nitriles is 1. The molecule has 1 aliphatic carbocycles. The van der Waals surface area contributed by atoms with E-state index in [0.29, 0.717) is 17.7 Å². The molecule has 2 aromatic heterocycles. The SMILES string of the molecule is Cc1cnc(NC2CCCC2)nc1C(C#N)c1cccc(-c2ccccc2)n1. The van der Waals surface area contributed by atoms with Crippen molar-refractivity contribution in [2.45, 2.75) is 44.6 Å². The Balaban J connectivity index is 1.66. The summed E-state index contributed by atoms with van der Waals surface area (Å²) in [7, 11) is 0. The lowest BCUT2D eigenvalue weighted by Gasteiger charge is -2.16. The molecule has 0 amide bonds. The van der Waals surface area contributed by atoms with Gasteiger partial charge in [0.1, 0.15) is 5.92 Å². The maximum Gasteiger partial charge on any atom is 0.223 e. The van der Waals surface area contributed by atoms with Crippen molar-refractivity contribution in [3.05, 3.63) is 71.7 Å². The second kappa shape index (κ2) is 8.18. The lowest BCUT2D eigenvalue weighted by atomic mass is 9.98. The molecule has 0 saturated heterocycles. The molecule has 1 saturated carbocycles. The number of aromatic nitrogens is 3. The quantitative estimate of drug-likeness (QED) is 0.695. The van der Waals surface area contributed by atoms with E-state index in [9.17, 15) is 5.26 Å². The van der Waals surface area contributed by atoms with Crippen molar-refractivity contribution in [1.82, 2.24) is 15.0 Å². The number of rotatable bonds is 5. The van der Waals surface area contributed by atoms with Gasteiger partial charge in [0.05, 0.1) is 23.2 Å². The van der Waals surface area contributed by atoms with Gasteiger partial charge in [-0.2, -0.15) is 5.26 Å². The number of aryl methyl sites for hydroxylation is 1. The van der Waals surface area contributed by atoms with Crippen LogP contribution in [0.15, 0.2) is 54.7 Å². The zero-order chi connectivity index (χ0) is 19.3. The van der Waals surface area contributed by atoms with Crippen LogP contribution in [0, 0.1) is 18.3 Å². The van der Waals surface area contributed by atoms with E-state index in [2.05, 4.69) is 16.4 Å². The van der Waals surface area contributed by atoms with Crippen LogP contribution in [0.1, 0.15) is 48.6 Å². The first kappa shape index (κ1) is 18.1. The van der Waals surface area contributed by atoms with Gasteiger partial charge in [-0.05, 0) is 37.5 Å². The maximum absolute atomic E-state index is 9.92. The summed E-state index contributed by atoms with van der Waals surface area (Å²) in [6, 6.07) is 18.6. The highest BCUT2D eigenvalue weighted by Crippen LogP contribution is 2.27. The van der Waals surface area contributed by atoms with Gasteiger partial charge in [-0.15, -0.1) is 0 Å². The molecule has 0 aliphatic heterocycles. The molecule has 2 heterocycles. The number of hydrogen-bond donors (Lipinski definition) is 1. The van der Waals surface area contributed by atoms with Crippen molar-refractivity contribution < 1.29 is 0 Å². The molecule has 1 aromatic carbocycles. The summed E-state index contributed by atoms with van der Waals surface area (Å²) >= 11 is 0. The molecule has 28 heavy (non-hydrogen) atoms. The molecule has 4 rings (SSSR count). The first-order chi connectivity index (χ1) is 13.7. The molecule has 5 nitrogen and oxygen atoms in total. The summed E-state index contributed by atoms with van der Waals surface area (Å²) < 4.78 is 0. The molecule has 3 aromatic rings. The van der Waals surface area contributed by atoms with Gasteiger partial charge in [-0.25, -0.2) is 9.97 Å². The van der Waals surface area contributed by atoms with Gasteiger partial charge in [-0.1, -0.05) is 49.2 Å². The Morgan fingerprint density at radius 1 is 1.04 bits per heavy atom. The van der Waals surface area contributed by atoms with Crippen molar-refractivity contribution in [3.8, 4) is 17.3 Å². The average Bonchev–Trinajstić information content (AvgIpc) is 3.25. The minimum absolute atomic E-state index is 0.427. The smallest absolute Gasteiger partial charge is 0.223 e. The number of hydrogen-bond acceptors (Lipinski definition) is 5. The van der Waals surface area contributed by atoms with E-state index in [1.165, 1.54) is 12.8 Å². The van der Waals surface area contributed by atoms with Crippen LogP contribution >= 0.6 is 0 Å². The summed E-state index contributed by atoms with van der Waals surface area (Å²) in [5, 5.41) is 13.3. The van der Waals surface area contributed by atoms with Gasteiger partial charge in [0, 0.05) is 17.8 Å². The zero-order valence-electron chi connectivity index (χ0n) is 16.0. The van der Waals surface area contributed by atoms with Gasteiger partial charge < -0.3 is 5.32 Å². The third-order valence-electron chi connectivity index (χ3n) is 5.24. The molecule has 0 bridgehead atoms. The topological polar surface area (TPSA) is 74.5 Å². The van der Waals surface area contributed by atoms with E-state index in [0.717, 1.165) is 35.4 Å². The first-order valence-corrected chi connectivity index (χ1v) is 9.76. The summed E-state index contributed by atoms with van der Waals surface area (Å²) in [6.07, 6.45) is 6.58. The highest BCUT2D eigenvalue weighted by Gasteiger charge is 2.22.